The summed E-state index contributed by atoms with van der Waals surface area (Å²) in [6, 6.07) is 6.45. The van der Waals surface area contributed by atoms with Gasteiger partial charge in [-0.05, 0) is 31.2 Å². The number of thioether (sulfide) groups is 1. The van der Waals surface area contributed by atoms with E-state index in [2.05, 4.69) is 10.0 Å². The van der Waals surface area contributed by atoms with Gasteiger partial charge in [-0.3, -0.25) is 9.52 Å². The number of benzene rings is 1. The highest BCUT2D eigenvalue weighted by Gasteiger charge is 2.27. The third kappa shape index (κ3) is 3.71. The maximum atomic E-state index is 12.1. The molecular weight excluding hydrogens is 284 g/mol. The number of ketones is 1. The molecule has 1 aliphatic heterocycles. The highest BCUT2D eigenvalue weighted by atomic mass is 32.3. The van der Waals surface area contributed by atoms with Crippen molar-refractivity contribution in [1.82, 2.24) is 5.32 Å². The molecule has 1 aliphatic rings. The summed E-state index contributed by atoms with van der Waals surface area (Å²) < 4.78 is 26.3. The van der Waals surface area contributed by atoms with E-state index in [1.165, 1.54) is 18.7 Å². The SMILES string of the molecule is CC(=O)c1ccc(NS(=O)(=O)C2CNCCS2)cc1. The molecule has 104 valence electrons. The van der Waals surface area contributed by atoms with Gasteiger partial charge in [0.25, 0.3) is 0 Å². The van der Waals surface area contributed by atoms with Crippen LogP contribution in [0.3, 0.4) is 0 Å². The molecule has 2 N–H and O–H groups in total. The first-order valence-electron chi connectivity index (χ1n) is 5.94. The summed E-state index contributed by atoms with van der Waals surface area (Å²) in [4.78, 5) is 11.1. The lowest BCUT2D eigenvalue weighted by Gasteiger charge is -2.23. The van der Waals surface area contributed by atoms with E-state index in [0.29, 0.717) is 17.8 Å². The van der Waals surface area contributed by atoms with Gasteiger partial charge in [0.05, 0.1) is 0 Å². The zero-order valence-electron chi connectivity index (χ0n) is 10.5. The van der Waals surface area contributed by atoms with E-state index >= 15 is 0 Å². The van der Waals surface area contributed by atoms with Crippen LogP contribution in [-0.4, -0.2) is 37.6 Å². The molecule has 1 heterocycles. The molecule has 0 radical (unpaired) electrons. The van der Waals surface area contributed by atoms with Crippen LogP contribution in [-0.2, 0) is 10.0 Å². The van der Waals surface area contributed by atoms with Gasteiger partial charge in [0.1, 0.15) is 4.58 Å². The predicted molar refractivity (Wildman–Crippen MR) is 78.1 cm³/mol. The second-order valence-corrected chi connectivity index (χ2v) is 7.76. The molecule has 2 rings (SSSR count). The van der Waals surface area contributed by atoms with E-state index in [1.54, 1.807) is 24.3 Å². The molecule has 1 aromatic rings. The van der Waals surface area contributed by atoms with Crippen LogP contribution in [0.5, 0.6) is 0 Å². The van der Waals surface area contributed by atoms with Crippen LogP contribution in [0.25, 0.3) is 0 Å². The maximum absolute atomic E-state index is 12.1. The molecule has 0 aromatic heterocycles. The Labute approximate surface area is 117 Å². The van der Waals surface area contributed by atoms with Crippen LogP contribution in [0.15, 0.2) is 24.3 Å². The second kappa shape index (κ2) is 5.94. The molecule has 0 spiro atoms. The van der Waals surface area contributed by atoms with E-state index in [9.17, 15) is 13.2 Å². The predicted octanol–water partition coefficient (Wildman–Crippen LogP) is 1.29. The fraction of sp³-hybridized carbons (Fsp3) is 0.417. The summed E-state index contributed by atoms with van der Waals surface area (Å²) in [6.45, 7) is 2.76. The Morgan fingerprint density at radius 2 is 2.05 bits per heavy atom. The van der Waals surface area contributed by atoms with Gasteiger partial charge in [-0.25, -0.2) is 8.42 Å². The van der Waals surface area contributed by atoms with E-state index in [1.807, 2.05) is 0 Å². The highest BCUT2D eigenvalue weighted by molar-refractivity contribution is 8.14. The number of rotatable bonds is 4. The standard InChI is InChI=1S/C12H16N2O3S2/c1-9(15)10-2-4-11(5-3-10)14-19(16,17)12-8-13-6-7-18-12/h2-5,12-14H,6-8H2,1H3. The van der Waals surface area contributed by atoms with Crippen LogP contribution in [0.4, 0.5) is 5.69 Å². The summed E-state index contributed by atoms with van der Waals surface area (Å²) in [5.41, 5.74) is 1.05. The second-order valence-electron chi connectivity index (χ2n) is 4.29. The lowest BCUT2D eigenvalue weighted by molar-refractivity contribution is 0.101. The quantitative estimate of drug-likeness (QED) is 0.820. The van der Waals surface area contributed by atoms with Crippen molar-refractivity contribution in [1.29, 1.82) is 0 Å². The first-order valence-corrected chi connectivity index (χ1v) is 8.53. The van der Waals surface area contributed by atoms with Crippen molar-refractivity contribution < 1.29 is 13.2 Å². The van der Waals surface area contributed by atoms with Crippen LogP contribution in [0.1, 0.15) is 17.3 Å². The van der Waals surface area contributed by atoms with Gasteiger partial charge < -0.3 is 5.32 Å². The molecule has 5 nitrogen and oxygen atoms in total. The Balaban J connectivity index is 2.09. The van der Waals surface area contributed by atoms with Crippen molar-refractivity contribution in [3.63, 3.8) is 0 Å². The first-order chi connectivity index (χ1) is 8.99. The average Bonchev–Trinajstić information content (AvgIpc) is 2.40. The van der Waals surface area contributed by atoms with Crippen molar-refractivity contribution in [3.8, 4) is 0 Å². The van der Waals surface area contributed by atoms with Crippen molar-refractivity contribution in [3.05, 3.63) is 29.8 Å². The number of carbonyl (C=O) groups excluding carboxylic acids is 1. The van der Waals surface area contributed by atoms with Gasteiger partial charge in [-0.15, -0.1) is 11.8 Å². The van der Waals surface area contributed by atoms with Gasteiger partial charge >= 0.3 is 0 Å². The number of anilines is 1. The molecule has 1 saturated heterocycles. The van der Waals surface area contributed by atoms with Crippen LogP contribution in [0.2, 0.25) is 0 Å². The van der Waals surface area contributed by atoms with Crippen LogP contribution >= 0.6 is 11.8 Å². The molecule has 0 saturated carbocycles. The minimum absolute atomic E-state index is 0.0403. The average molecular weight is 300 g/mol. The van der Waals surface area contributed by atoms with Crippen molar-refractivity contribution in [2.24, 2.45) is 0 Å². The Kier molecular flexibility index (Phi) is 4.49. The molecular formula is C12H16N2O3S2. The summed E-state index contributed by atoms with van der Waals surface area (Å²) in [7, 11) is -3.40. The Bertz CT molecular complexity index is 549. The van der Waals surface area contributed by atoms with Crippen molar-refractivity contribution >= 4 is 33.3 Å². The Hall–Kier alpha value is -1.05. The molecule has 1 fully saturated rings. The molecule has 19 heavy (non-hydrogen) atoms. The third-order valence-corrected chi connectivity index (χ3v) is 6.32. The normalized spacial score (nSPS) is 19.9. The zero-order chi connectivity index (χ0) is 13.9. The van der Waals surface area contributed by atoms with Gasteiger partial charge in [0.15, 0.2) is 5.78 Å². The Morgan fingerprint density at radius 1 is 1.37 bits per heavy atom. The number of Topliss-reactive ketones (excluding diaryl/α,β-unsaturated/α-hetero) is 1. The summed E-state index contributed by atoms with van der Waals surface area (Å²) >= 11 is 1.43. The molecule has 1 atom stereocenters. The summed E-state index contributed by atoms with van der Waals surface area (Å²) in [5, 5.41) is 3.07. The summed E-state index contributed by atoms with van der Waals surface area (Å²) in [6.07, 6.45) is 0. The minimum atomic E-state index is -3.40. The Morgan fingerprint density at radius 3 is 2.58 bits per heavy atom. The molecule has 7 heteroatoms. The van der Waals surface area contributed by atoms with Gasteiger partial charge in [-0.2, -0.15) is 0 Å². The number of hydrogen-bond donors (Lipinski definition) is 2. The van der Waals surface area contributed by atoms with Crippen molar-refractivity contribution in [2.75, 3.05) is 23.6 Å². The number of hydrogen-bond acceptors (Lipinski definition) is 5. The zero-order valence-corrected chi connectivity index (χ0v) is 12.2. The number of nitrogens with one attached hydrogen (secondary N) is 2. The van der Waals surface area contributed by atoms with Crippen molar-refractivity contribution in [2.45, 2.75) is 11.5 Å². The topological polar surface area (TPSA) is 75.3 Å². The van der Waals surface area contributed by atoms with Gasteiger partial charge in [-0.1, -0.05) is 0 Å². The lowest BCUT2D eigenvalue weighted by Crippen LogP contribution is -2.39. The molecule has 0 bridgehead atoms. The van der Waals surface area contributed by atoms with E-state index in [4.69, 9.17) is 0 Å². The van der Waals surface area contributed by atoms with Crippen LogP contribution < -0.4 is 10.0 Å². The highest BCUT2D eigenvalue weighted by Crippen LogP contribution is 2.22. The van der Waals surface area contributed by atoms with Gasteiger partial charge in [0, 0.05) is 30.1 Å². The van der Waals surface area contributed by atoms with E-state index < -0.39 is 14.6 Å². The smallest absolute Gasteiger partial charge is 0.246 e. The summed E-state index contributed by atoms with van der Waals surface area (Å²) in [5.74, 6) is 0.746. The minimum Gasteiger partial charge on any atom is -0.314 e. The number of sulfonamides is 1. The molecule has 0 amide bonds. The largest absolute Gasteiger partial charge is 0.314 e. The van der Waals surface area contributed by atoms with Gasteiger partial charge in [0.2, 0.25) is 10.0 Å². The number of carbonyl (C=O) groups is 1. The molecule has 1 unspecified atom stereocenters. The first kappa shape index (κ1) is 14.4. The monoisotopic (exact) mass is 300 g/mol. The maximum Gasteiger partial charge on any atom is 0.246 e. The molecule has 1 aromatic carbocycles. The fourth-order valence-corrected chi connectivity index (χ4v) is 4.59. The fourth-order valence-electron chi connectivity index (χ4n) is 1.74. The van der Waals surface area contributed by atoms with Crippen LogP contribution in [0, 0.1) is 0 Å². The third-order valence-electron chi connectivity index (χ3n) is 2.79. The molecule has 0 aliphatic carbocycles. The lowest BCUT2D eigenvalue weighted by atomic mass is 10.1. The van der Waals surface area contributed by atoms with E-state index in [0.717, 1.165) is 12.3 Å². The van der Waals surface area contributed by atoms with E-state index in [-0.39, 0.29) is 5.78 Å².